The molecule has 0 aliphatic rings. The predicted molar refractivity (Wildman–Crippen MR) is 123 cm³/mol. The normalized spacial score (nSPS) is 10.5. The van der Waals surface area contributed by atoms with Crippen LogP contribution in [0, 0.1) is 0 Å². The molecule has 2 aromatic carbocycles. The Bertz CT molecular complexity index is 1020. The van der Waals surface area contributed by atoms with Gasteiger partial charge in [-0.1, -0.05) is 23.7 Å². The molecule has 2 amide bonds. The minimum Gasteiger partial charge on any atom is -0.490 e. The Labute approximate surface area is 198 Å². The summed E-state index contributed by atoms with van der Waals surface area (Å²) in [5.41, 5.74) is 3.27. The zero-order valence-corrected chi connectivity index (χ0v) is 19.7. The van der Waals surface area contributed by atoms with Gasteiger partial charge in [-0.25, -0.2) is 10.2 Å². The van der Waals surface area contributed by atoms with Crippen molar-refractivity contribution in [3.05, 3.63) is 51.5 Å². The Hall–Kier alpha value is -3.11. The van der Waals surface area contributed by atoms with Crippen molar-refractivity contribution in [1.82, 2.24) is 5.43 Å². The molecule has 0 aromatic heterocycles. The highest BCUT2D eigenvalue weighted by Crippen LogP contribution is 2.36. The van der Waals surface area contributed by atoms with Gasteiger partial charge in [-0.05, 0) is 52.7 Å². The molecule has 0 saturated carbocycles. The molecular weight excluding hydrogens is 506 g/mol. The number of amides is 2. The van der Waals surface area contributed by atoms with Gasteiger partial charge in [-0.2, -0.15) is 5.10 Å². The van der Waals surface area contributed by atoms with E-state index in [2.05, 4.69) is 36.5 Å². The van der Waals surface area contributed by atoms with Crippen LogP contribution in [0.15, 0.2) is 46.0 Å². The molecule has 0 aliphatic heterocycles. The number of carbonyl (C=O) groups is 3. The first-order chi connectivity index (χ1) is 15.3. The fraction of sp³-hybridized carbons (Fsp3) is 0.238. The van der Waals surface area contributed by atoms with Crippen molar-refractivity contribution >= 4 is 57.2 Å². The number of halogens is 2. The van der Waals surface area contributed by atoms with Crippen LogP contribution in [0.1, 0.15) is 18.9 Å². The summed E-state index contributed by atoms with van der Waals surface area (Å²) in [5, 5.41) is 6.78. The van der Waals surface area contributed by atoms with Crippen molar-refractivity contribution in [1.29, 1.82) is 0 Å². The average Bonchev–Trinajstić information content (AvgIpc) is 2.74. The Morgan fingerprint density at radius 2 is 1.91 bits per heavy atom. The zero-order chi connectivity index (χ0) is 23.5. The van der Waals surface area contributed by atoms with Crippen molar-refractivity contribution in [3.63, 3.8) is 0 Å². The van der Waals surface area contributed by atoms with Crippen LogP contribution in [0.3, 0.4) is 0 Å². The SMILES string of the molecule is CCOc1cc(C=NNC(=O)CC(=O)Nc2ccccc2Cl)cc(Br)c1OCC(=O)OC. The number of benzene rings is 2. The number of esters is 1. The van der Waals surface area contributed by atoms with E-state index < -0.39 is 24.2 Å². The number of nitrogens with zero attached hydrogens (tertiary/aromatic N) is 1. The molecule has 0 heterocycles. The molecule has 32 heavy (non-hydrogen) atoms. The molecule has 0 aliphatic carbocycles. The lowest BCUT2D eigenvalue weighted by Gasteiger charge is -2.13. The van der Waals surface area contributed by atoms with Gasteiger partial charge in [0.15, 0.2) is 18.1 Å². The van der Waals surface area contributed by atoms with Gasteiger partial charge in [0.25, 0.3) is 0 Å². The molecule has 0 spiro atoms. The van der Waals surface area contributed by atoms with E-state index in [1.165, 1.54) is 13.3 Å². The molecule has 11 heteroatoms. The topological polar surface area (TPSA) is 115 Å². The molecule has 0 saturated heterocycles. The maximum Gasteiger partial charge on any atom is 0.343 e. The van der Waals surface area contributed by atoms with E-state index in [-0.39, 0.29) is 6.61 Å². The van der Waals surface area contributed by atoms with Crippen LogP contribution in [-0.4, -0.2) is 44.3 Å². The van der Waals surface area contributed by atoms with Crippen molar-refractivity contribution in [2.45, 2.75) is 13.3 Å². The van der Waals surface area contributed by atoms with Crippen LogP contribution in [0.25, 0.3) is 0 Å². The lowest BCUT2D eigenvalue weighted by Crippen LogP contribution is -2.24. The van der Waals surface area contributed by atoms with Crippen molar-refractivity contribution in [2.24, 2.45) is 5.10 Å². The van der Waals surface area contributed by atoms with E-state index in [1.807, 2.05) is 0 Å². The van der Waals surface area contributed by atoms with E-state index in [1.54, 1.807) is 43.3 Å². The summed E-state index contributed by atoms with van der Waals surface area (Å²) in [6.07, 6.45) is 0.942. The summed E-state index contributed by atoms with van der Waals surface area (Å²) in [4.78, 5) is 35.3. The third kappa shape index (κ3) is 7.86. The van der Waals surface area contributed by atoms with E-state index in [0.29, 0.717) is 38.9 Å². The maximum absolute atomic E-state index is 12.0. The Morgan fingerprint density at radius 3 is 2.59 bits per heavy atom. The van der Waals surface area contributed by atoms with Gasteiger partial charge >= 0.3 is 5.97 Å². The quantitative estimate of drug-likeness (QED) is 0.212. The zero-order valence-electron chi connectivity index (χ0n) is 17.3. The predicted octanol–water partition coefficient (Wildman–Crippen LogP) is 3.53. The van der Waals surface area contributed by atoms with Gasteiger partial charge in [-0.3, -0.25) is 9.59 Å². The second-order valence-corrected chi connectivity index (χ2v) is 7.39. The van der Waals surface area contributed by atoms with E-state index in [4.69, 9.17) is 21.1 Å². The molecule has 0 fully saturated rings. The smallest absolute Gasteiger partial charge is 0.343 e. The summed E-state index contributed by atoms with van der Waals surface area (Å²) in [6.45, 7) is 1.88. The van der Waals surface area contributed by atoms with Gasteiger partial charge in [0.05, 0.1) is 35.1 Å². The highest BCUT2D eigenvalue weighted by atomic mass is 79.9. The summed E-state index contributed by atoms with van der Waals surface area (Å²) in [7, 11) is 1.26. The minimum atomic E-state index is -0.604. The number of carbonyl (C=O) groups excluding carboxylic acids is 3. The molecule has 2 N–H and O–H groups in total. The van der Waals surface area contributed by atoms with Crippen LogP contribution in [0.5, 0.6) is 11.5 Å². The lowest BCUT2D eigenvalue weighted by molar-refractivity contribution is -0.143. The van der Waals surface area contributed by atoms with Gasteiger partial charge in [-0.15, -0.1) is 0 Å². The molecule has 170 valence electrons. The third-order valence-corrected chi connectivity index (χ3v) is 4.68. The largest absolute Gasteiger partial charge is 0.490 e. The van der Waals surface area contributed by atoms with E-state index in [9.17, 15) is 14.4 Å². The van der Waals surface area contributed by atoms with Crippen molar-refractivity contribution in [3.8, 4) is 11.5 Å². The Balaban J connectivity index is 1.98. The molecule has 0 atom stereocenters. The molecule has 0 radical (unpaired) electrons. The van der Waals surface area contributed by atoms with Crippen LogP contribution in [-0.2, 0) is 19.1 Å². The van der Waals surface area contributed by atoms with Crippen LogP contribution >= 0.6 is 27.5 Å². The number of hydrogen-bond donors (Lipinski definition) is 2. The number of hydrazone groups is 1. The summed E-state index contributed by atoms with van der Waals surface area (Å²) in [6, 6.07) is 9.99. The number of hydrogen-bond acceptors (Lipinski definition) is 7. The highest BCUT2D eigenvalue weighted by molar-refractivity contribution is 9.10. The fourth-order valence-electron chi connectivity index (χ4n) is 2.38. The monoisotopic (exact) mass is 525 g/mol. The Kier molecular flexibility index (Phi) is 9.96. The molecule has 0 unspecified atom stereocenters. The highest BCUT2D eigenvalue weighted by Gasteiger charge is 2.14. The summed E-state index contributed by atoms with van der Waals surface area (Å²) < 4.78 is 16.1. The number of para-hydroxylation sites is 1. The number of anilines is 1. The standard InChI is InChI=1S/C21H21BrClN3O6/c1-3-31-17-9-13(8-14(22)21(17)32-12-20(29)30-2)11-24-26-19(28)10-18(27)25-16-7-5-4-6-15(16)23/h4-9,11H,3,10,12H2,1-2H3,(H,25,27)(H,26,28). The van der Waals surface area contributed by atoms with Gasteiger partial charge in [0, 0.05) is 0 Å². The molecule has 2 rings (SSSR count). The van der Waals surface area contributed by atoms with Gasteiger partial charge < -0.3 is 19.5 Å². The second kappa shape index (κ2) is 12.7. The fourth-order valence-corrected chi connectivity index (χ4v) is 3.13. The summed E-state index contributed by atoms with van der Waals surface area (Å²) in [5.74, 6) is -0.967. The van der Waals surface area contributed by atoms with Crippen LogP contribution < -0.4 is 20.2 Å². The van der Waals surface area contributed by atoms with Crippen molar-refractivity contribution < 1.29 is 28.6 Å². The van der Waals surface area contributed by atoms with Crippen LogP contribution in [0.4, 0.5) is 5.69 Å². The maximum atomic E-state index is 12.0. The van der Waals surface area contributed by atoms with Crippen molar-refractivity contribution in [2.75, 3.05) is 25.6 Å². The molecule has 0 bridgehead atoms. The first-order valence-electron chi connectivity index (χ1n) is 9.36. The molecule has 9 nitrogen and oxygen atoms in total. The van der Waals surface area contributed by atoms with Gasteiger partial charge in [0.2, 0.25) is 11.8 Å². The second-order valence-electron chi connectivity index (χ2n) is 6.13. The summed E-state index contributed by atoms with van der Waals surface area (Å²) >= 11 is 9.33. The minimum absolute atomic E-state index is 0.283. The molecular formula is C21H21BrClN3O6. The number of nitrogens with one attached hydrogen (secondary N) is 2. The number of methoxy groups -OCH3 is 1. The van der Waals surface area contributed by atoms with E-state index in [0.717, 1.165) is 0 Å². The van der Waals surface area contributed by atoms with Gasteiger partial charge in [0.1, 0.15) is 6.42 Å². The first-order valence-corrected chi connectivity index (χ1v) is 10.5. The Morgan fingerprint density at radius 1 is 1.16 bits per heavy atom. The van der Waals surface area contributed by atoms with Crippen LogP contribution in [0.2, 0.25) is 5.02 Å². The number of ether oxygens (including phenoxy) is 3. The third-order valence-electron chi connectivity index (χ3n) is 3.77. The van der Waals surface area contributed by atoms with E-state index >= 15 is 0 Å². The average molecular weight is 527 g/mol. The number of rotatable bonds is 10. The lowest BCUT2D eigenvalue weighted by atomic mass is 10.2. The molecule has 2 aromatic rings. The first kappa shape index (κ1) is 25.2.